The SMILES string of the molecule is CS(=O)(=O)c1cccc(C(=O)CC2CCCCC2)c1. The minimum Gasteiger partial charge on any atom is -0.294 e. The average Bonchev–Trinajstić information content (AvgIpc) is 2.39. The topological polar surface area (TPSA) is 51.2 Å². The molecule has 0 aliphatic heterocycles. The summed E-state index contributed by atoms with van der Waals surface area (Å²) in [4.78, 5) is 12.4. The molecule has 0 bridgehead atoms. The van der Waals surface area contributed by atoms with E-state index < -0.39 is 9.84 Å². The van der Waals surface area contributed by atoms with Crippen molar-refractivity contribution in [2.75, 3.05) is 6.26 Å². The summed E-state index contributed by atoms with van der Waals surface area (Å²) >= 11 is 0. The standard InChI is InChI=1S/C15H20O3S/c1-19(17,18)14-9-5-8-13(11-14)15(16)10-12-6-3-2-4-7-12/h5,8-9,11-12H,2-4,6-7,10H2,1H3. The lowest BCUT2D eigenvalue weighted by molar-refractivity contribution is 0.0950. The second kappa shape index (κ2) is 5.87. The molecule has 0 spiro atoms. The lowest BCUT2D eigenvalue weighted by Gasteiger charge is -2.20. The van der Waals surface area contributed by atoms with E-state index in [-0.39, 0.29) is 10.7 Å². The molecule has 0 unspecified atom stereocenters. The van der Waals surface area contributed by atoms with Crippen LogP contribution < -0.4 is 0 Å². The van der Waals surface area contributed by atoms with Crippen molar-refractivity contribution in [3.63, 3.8) is 0 Å². The van der Waals surface area contributed by atoms with Crippen molar-refractivity contribution >= 4 is 15.6 Å². The summed E-state index contributed by atoms with van der Waals surface area (Å²) in [6, 6.07) is 6.39. The highest BCUT2D eigenvalue weighted by Gasteiger charge is 2.19. The van der Waals surface area contributed by atoms with Crippen molar-refractivity contribution in [3.05, 3.63) is 29.8 Å². The van der Waals surface area contributed by atoms with E-state index in [0.29, 0.717) is 17.9 Å². The van der Waals surface area contributed by atoms with Gasteiger partial charge in [-0.25, -0.2) is 8.42 Å². The molecule has 4 heteroatoms. The summed E-state index contributed by atoms with van der Waals surface area (Å²) in [6.45, 7) is 0. The van der Waals surface area contributed by atoms with Gasteiger partial charge >= 0.3 is 0 Å². The Morgan fingerprint density at radius 2 is 1.89 bits per heavy atom. The van der Waals surface area contributed by atoms with Crippen LogP contribution in [0, 0.1) is 5.92 Å². The van der Waals surface area contributed by atoms with Crippen LogP contribution in [0.2, 0.25) is 0 Å². The van der Waals surface area contributed by atoms with Gasteiger partial charge in [-0.1, -0.05) is 44.2 Å². The largest absolute Gasteiger partial charge is 0.294 e. The van der Waals surface area contributed by atoms with Gasteiger partial charge in [0.2, 0.25) is 0 Å². The van der Waals surface area contributed by atoms with Gasteiger partial charge in [0.05, 0.1) is 4.90 Å². The van der Waals surface area contributed by atoms with Gasteiger partial charge in [0.25, 0.3) is 0 Å². The lowest BCUT2D eigenvalue weighted by atomic mass is 9.85. The molecule has 0 heterocycles. The zero-order valence-electron chi connectivity index (χ0n) is 11.3. The summed E-state index contributed by atoms with van der Waals surface area (Å²) in [6.07, 6.45) is 7.65. The number of benzene rings is 1. The third-order valence-electron chi connectivity index (χ3n) is 3.78. The van der Waals surface area contributed by atoms with Crippen molar-refractivity contribution in [1.29, 1.82) is 0 Å². The Hall–Kier alpha value is -1.16. The Bertz CT molecular complexity index is 555. The number of Topliss-reactive ketones (excluding diaryl/α,β-unsaturated/α-hetero) is 1. The van der Waals surface area contributed by atoms with Crippen LogP contribution >= 0.6 is 0 Å². The Kier molecular flexibility index (Phi) is 4.40. The first-order valence-corrected chi connectivity index (χ1v) is 8.69. The van der Waals surface area contributed by atoms with Gasteiger partial charge in [-0.2, -0.15) is 0 Å². The molecular weight excluding hydrogens is 260 g/mol. The summed E-state index contributed by atoms with van der Waals surface area (Å²) < 4.78 is 23.0. The van der Waals surface area contributed by atoms with Crippen LogP contribution in [-0.4, -0.2) is 20.5 Å². The molecule has 0 N–H and O–H groups in total. The van der Waals surface area contributed by atoms with Crippen molar-refractivity contribution in [2.45, 2.75) is 43.4 Å². The molecule has 0 aromatic heterocycles. The molecule has 0 radical (unpaired) electrons. The zero-order valence-corrected chi connectivity index (χ0v) is 12.1. The summed E-state index contributed by atoms with van der Waals surface area (Å²) in [7, 11) is -3.24. The number of ketones is 1. The van der Waals surface area contributed by atoms with Crippen molar-refractivity contribution in [1.82, 2.24) is 0 Å². The second-order valence-electron chi connectivity index (χ2n) is 5.43. The first kappa shape index (κ1) is 14.3. The van der Waals surface area contributed by atoms with Gasteiger partial charge in [0.15, 0.2) is 15.6 Å². The molecule has 1 aliphatic carbocycles. The molecule has 3 nitrogen and oxygen atoms in total. The van der Waals surface area contributed by atoms with Gasteiger partial charge in [-0.05, 0) is 18.1 Å². The first-order chi connectivity index (χ1) is 8.97. The van der Waals surface area contributed by atoms with Crippen LogP contribution in [0.5, 0.6) is 0 Å². The van der Waals surface area contributed by atoms with Crippen molar-refractivity contribution < 1.29 is 13.2 Å². The molecule has 0 saturated heterocycles. The molecule has 0 atom stereocenters. The molecule has 2 rings (SSSR count). The summed E-state index contributed by atoms with van der Waals surface area (Å²) in [5.41, 5.74) is 0.522. The first-order valence-electron chi connectivity index (χ1n) is 6.80. The van der Waals surface area contributed by atoms with Crippen LogP contribution in [-0.2, 0) is 9.84 Å². The minimum atomic E-state index is -3.24. The van der Waals surface area contributed by atoms with Gasteiger partial charge in [0, 0.05) is 18.2 Å². The highest BCUT2D eigenvalue weighted by molar-refractivity contribution is 7.90. The van der Waals surface area contributed by atoms with E-state index >= 15 is 0 Å². The zero-order chi connectivity index (χ0) is 13.9. The fourth-order valence-corrected chi connectivity index (χ4v) is 3.34. The molecule has 1 aromatic carbocycles. The minimum absolute atomic E-state index is 0.0670. The average molecular weight is 280 g/mol. The number of rotatable bonds is 4. The van der Waals surface area contributed by atoms with Gasteiger partial charge in [0.1, 0.15) is 0 Å². The van der Waals surface area contributed by atoms with E-state index in [1.807, 2.05) is 0 Å². The lowest BCUT2D eigenvalue weighted by Crippen LogP contribution is -2.12. The molecule has 1 aliphatic rings. The van der Waals surface area contributed by atoms with E-state index in [4.69, 9.17) is 0 Å². The normalized spacial score (nSPS) is 17.3. The number of carbonyl (C=O) groups is 1. The van der Waals surface area contributed by atoms with Crippen LogP contribution in [0.1, 0.15) is 48.9 Å². The fraction of sp³-hybridized carbons (Fsp3) is 0.533. The monoisotopic (exact) mass is 280 g/mol. The number of sulfone groups is 1. The Balaban J connectivity index is 2.10. The molecule has 1 aromatic rings. The van der Waals surface area contributed by atoms with E-state index in [9.17, 15) is 13.2 Å². The molecule has 1 fully saturated rings. The van der Waals surface area contributed by atoms with E-state index in [0.717, 1.165) is 19.1 Å². The van der Waals surface area contributed by atoms with Crippen molar-refractivity contribution in [3.8, 4) is 0 Å². The van der Waals surface area contributed by atoms with Gasteiger partial charge < -0.3 is 0 Å². The van der Waals surface area contributed by atoms with Gasteiger partial charge in [-0.15, -0.1) is 0 Å². The number of hydrogen-bond donors (Lipinski definition) is 0. The molecule has 104 valence electrons. The molecule has 1 saturated carbocycles. The maximum absolute atomic E-state index is 12.2. The van der Waals surface area contributed by atoms with E-state index in [1.165, 1.54) is 31.4 Å². The maximum atomic E-state index is 12.2. The number of carbonyl (C=O) groups excluding carboxylic acids is 1. The van der Waals surface area contributed by atoms with Crippen LogP contribution in [0.15, 0.2) is 29.2 Å². The molecular formula is C15H20O3S. The van der Waals surface area contributed by atoms with Crippen molar-refractivity contribution in [2.24, 2.45) is 5.92 Å². The van der Waals surface area contributed by atoms with E-state index in [1.54, 1.807) is 12.1 Å². The summed E-state index contributed by atoms with van der Waals surface area (Å²) in [5, 5.41) is 0. The predicted octanol–water partition coefficient (Wildman–Crippen LogP) is 3.24. The molecule has 19 heavy (non-hydrogen) atoms. The van der Waals surface area contributed by atoms with Crippen LogP contribution in [0.4, 0.5) is 0 Å². The Morgan fingerprint density at radius 3 is 2.53 bits per heavy atom. The van der Waals surface area contributed by atoms with E-state index in [2.05, 4.69) is 0 Å². The summed E-state index contributed by atoms with van der Waals surface area (Å²) in [5.74, 6) is 0.542. The third-order valence-corrected chi connectivity index (χ3v) is 4.89. The predicted molar refractivity (Wildman–Crippen MR) is 75.1 cm³/mol. The third kappa shape index (κ3) is 3.90. The fourth-order valence-electron chi connectivity index (χ4n) is 2.67. The smallest absolute Gasteiger partial charge is 0.175 e. The molecule has 0 amide bonds. The maximum Gasteiger partial charge on any atom is 0.175 e. The number of hydrogen-bond acceptors (Lipinski definition) is 3. The Labute approximate surface area is 114 Å². The van der Waals surface area contributed by atoms with Gasteiger partial charge in [-0.3, -0.25) is 4.79 Å². The Morgan fingerprint density at radius 1 is 1.21 bits per heavy atom. The van der Waals surface area contributed by atoms with Crippen LogP contribution in [0.3, 0.4) is 0 Å². The van der Waals surface area contributed by atoms with Crippen LogP contribution in [0.25, 0.3) is 0 Å². The highest BCUT2D eigenvalue weighted by atomic mass is 32.2. The quantitative estimate of drug-likeness (QED) is 0.796. The highest BCUT2D eigenvalue weighted by Crippen LogP contribution is 2.27. The second-order valence-corrected chi connectivity index (χ2v) is 7.45.